The Morgan fingerprint density at radius 3 is 2.39 bits per heavy atom. The predicted octanol–water partition coefficient (Wildman–Crippen LogP) is 3.82. The minimum Gasteiger partial charge on any atom is -0.497 e. The first-order valence-electron chi connectivity index (χ1n) is 11.8. The van der Waals surface area contributed by atoms with Crippen LogP contribution in [0.2, 0.25) is 5.02 Å². The Kier molecular flexibility index (Phi) is 5.17. The first-order valence-corrected chi connectivity index (χ1v) is 12.2. The number of hydrogen-bond acceptors (Lipinski definition) is 5. The lowest BCUT2D eigenvalue weighted by Gasteiger charge is -2.29. The largest absolute Gasteiger partial charge is 0.497 e. The fourth-order valence-corrected chi connectivity index (χ4v) is 6.18. The molecule has 2 saturated heterocycles. The van der Waals surface area contributed by atoms with Crippen LogP contribution in [0, 0.1) is 18.8 Å². The van der Waals surface area contributed by atoms with Gasteiger partial charge in [0.2, 0.25) is 17.7 Å². The zero-order valence-corrected chi connectivity index (χ0v) is 20.5. The molecular formula is C28H24ClN3O4. The fourth-order valence-electron chi connectivity index (χ4n) is 6.02. The van der Waals surface area contributed by atoms with Crippen LogP contribution in [0.3, 0.4) is 0 Å². The van der Waals surface area contributed by atoms with Gasteiger partial charge in [0.1, 0.15) is 11.3 Å². The van der Waals surface area contributed by atoms with E-state index in [4.69, 9.17) is 16.3 Å². The van der Waals surface area contributed by atoms with Gasteiger partial charge in [-0.25, -0.2) is 4.90 Å². The molecule has 36 heavy (non-hydrogen) atoms. The number of hydrogen-bond donors (Lipinski definition) is 2. The van der Waals surface area contributed by atoms with Crippen LogP contribution in [0.4, 0.5) is 11.4 Å². The lowest BCUT2D eigenvalue weighted by Crippen LogP contribution is -2.53. The first kappa shape index (κ1) is 22.8. The zero-order chi connectivity index (χ0) is 25.2. The number of amides is 3. The van der Waals surface area contributed by atoms with Crippen molar-refractivity contribution in [2.24, 2.45) is 11.8 Å². The van der Waals surface area contributed by atoms with E-state index in [1.807, 2.05) is 37.3 Å². The van der Waals surface area contributed by atoms with Crippen LogP contribution < -0.4 is 20.3 Å². The molecule has 0 aliphatic carbocycles. The summed E-state index contributed by atoms with van der Waals surface area (Å²) in [7, 11) is 1.56. The van der Waals surface area contributed by atoms with Crippen LogP contribution in [0.1, 0.15) is 16.7 Å². The third-order valence-corrected chi connectivity index (χ3v) is 8.12. The van der Waals surface area contributed by atoms with E-state index in [1.165, 1.54) is 4.90 Å². The van der Waals surface area contributed by atoms with Crippen molar-refractivity contribution in [3.63, 3.8) is 0 Å². The Labute approximate surface area is 213 Å². The van der Waals surface area contributed by atoms with E-state index in [2.05, 4.69) is 10.6 Å². The Morgan fingerprint density at radius 1 is 0.972 bits per heavy atom. The molecule has 0 radical (unpaired) electrons. The number of carbonyl (C=O) groups is 3. The number of nitrogens with one attached hydrogen (secondary N) is 2. The Bertz CT molecular complexity index is 1410. The monoisotopic (exact) mass is 501 g/mol. The third-order valence-electron chi connectivity index (χ3n) is 7.71. The summed E-state index contributed by atoms with van der Waals surface area (Å²) in [6, 6.07) is 19.7. The summed E-state index contributed by atoms with van der Waals surface area (Å²) in [6.45, 7) is 1.83. The normalized spacial score (nSPS) is 26.4. The van der Waals surface area contributed by atoms with Crippen LogP contribution in [-0.2, 0) is 26.3 Å². The number of imide groups is 1. The number of benzene rings is 3. The highest BCUT2D eigenvalue weighted by Gasteiger charge is 2.70. The molecule has 3 unspecified atom stereocenters. The maximum Gasteiger partial charge on any atom is 0.250 e. The van der Waals surface area contributed by atoms with Crippen LogP contribution in [0.15, 0.2) is 66.7 Å². The van der Waals surface area contributed by atoms with Crippen molar-refractivity contribution in [1.82, 2.24) is 5.32 Å². The van der Waals surface area contributed by atoms with E-state index >= 15 is 0 Å². The number of nitrogens with zero attached hydrogens (tertiary/aromatic N) is 1. The average molecular weight is 502 g/mol. The molecule has 3 aromatic carbocycles. The van der Waals surface area contributed by atoms with Gasteiger partial charge in [0, 0.05) is 16.6 Å². The second-order valence-corrected chi connectivity index (χ2v) is 9.92. The number of ether oxygens (including phenoxy) is 1. The molecule has 3 aromatic rings. The van der Waals surface area contributed by atoms with Crippen molar-refractivity contribution in [3.8, 4) is 5.75 Å². The molecule has 0 saturated carbocycles. The molecule has 1 spiro atoms. The SMILES string of the molecule is COc1ccc(N2C(=O)C3C(Cc4ccccc4)N[C@]4(C(=O)Nc5c4ccc(Cl)c5C)C3C2=O)cc1. The summed E-state index contributed by atoms with van der Waals surface area (Å²) in [5.74, 6) is -2.04. The standard InChI is InChI=1S/C28H24ClN3O4/c1-15-20(29)13-12-19-24(15)30-27(35)28(19)23-22(21(31-28)14-16-6-4-3-5-7-16)25(33)32(26(23)34)17-8-10-18(36-2)11-9-17/h3-13,21-23,31H,14H2,1-2H3,(H,30,35)/t21?,22?,23?,28-/m0/s1. The fraction of sp³-hybridized carbons (Fsp3) is 0.250. The van der Waals surface area contributed by atoms with Crippen molar-refractivity contribution in [2.75, 3.05) is 17.3 Å². The molecule has 6 rings (SSSR count). The lowest BCUT2D eigenvalue weighted by molar-refractivity contribution is -0.130. The number of fused-ring (bicyclic) bond motifs is 4. The molecule has 3 amide bonds. The molecular weight excluding hydrogens is 478 g/mol. The van der Waals surface area contributed by atoms with Gasteiger partial charge < -0.3 is 10.1 Å². The molecule has 3 aliphatic heterocycles. The molecule has 2 N–H and O–H groups in total. The second kappa shape index (κ2) is 8.18. The van der Waals surface area contributed by atoms with Crippen molar-refractivity contribution < 1.29 is 19.1 Å². The number of carbonyl (C=O) groups excluding carboxylic acids is 3. The van der Waals surface area contributed by atoms with E-state index in [0.717, 1.165) is 11.1 Å². The van der Waals surface area contributed by atoms with Crippen LogP contribution >= 0.6 is 11.6 Å². The number of halogens is 1. The third kappa shape index (κ3) is 3.06. The highest BCUT2D eigenvalue weighted by Crippen LogP contribution is 2.55. The summed E-state index contributed by atoms with van der Waals surface area (Å²) in [5, 5.41) is 6.96. The van der Waals surface area contributed by atoms with E-state index in [1.54, 1.807) is 43.5 Å². The molecule has 3 heterocycles. The second-order valence-electron chi connectivity index (χ2n) is 9.51. The minimum absolute atomic E-state index is 0.313. The molecule has 2 fully saturated rings. The van der Waals surface area contributed by atoms with E-state index in [0.29, 0.717) is 34.1 Å². The van der Waals surface area contributed by atoms with Gasteiger partial charge in [-0.15, -0.1) is 0 Å². The molecule has 7 nitrogen and oxygen atoms in total. The van der Waals surface area contributed by atoms with Gasteiger partial charge in [-0.3, -0.25) is 19.7 Å². The van der Waals surface area contributed by atoms with Gasteiger partial charge in [-0.2, -0.15) is 0 Å². The van der Waals surface area contributed by atoms with E-state index < -0.39 is 29.3 Å². The minimum atomic E-state index is -1.37. The van der Waals surface area contributed by atoms with Gasteiger partial charge in [0.25, 0.3) is 0 Å². The lowest BCUT2D eigenvalue weighted by atomic mass is 9.76. The van der Waals surface area contributed by atoms with Crippen molar-refractivity contribution in [3.05, 3.63) is 88.4 Å². The maximum absolute atomic E-state index is 14.0. The maximum atomic E-state index is 14.0. The topological polar surface area (TPSA) is 87.7 Å². The van der Waals surface area contributed by atoms with Gasteiger partial charge >= 0.3 is 0 Å². The van der Waals surface area contributed by atoms with Crippen LogP contribution in [0.5, 0.6) is 5.75 Å². The Morgan fingerprint density at radius 2 is 1.69 bits per heavy atom. The number of anilines is 2. The van der Waals surface area contributed by atoms with E-state index in [9.17, 15) is 14.4 Å². The smallest absolute Gasteiger partial charge is 0.250 e. The molecule has 0 bridgehead atoms. The average Bonchev–Trinajstić information content (AvgIpc) is 3.47. The van der Waals surface area contributed by atoms with Gasteiger partial charge in [-0.05, 0) is 54.8 Å². The van der Waals surface area contributed by atoms with Crippen LogP contribution in [0.25, 0.3) is 0 Å². The van der Waals surface area contributed by atoms with Crippen molar-refractivity contribution in [1.29, 1.82) is 0 Å². The number of rotatable bonds is 4. The van der Waals surface area contributed by atoms with Crippen molar-refractivity contribution >= 4 is 40.7 Å². The summed E-state index contributed by atoms with van der Waals surface area (Å²) in [6.07, 6.45) is 0.494. The molecule has 0 aromatic heterocycles. The molecule has 8 heteroatoms. The Balaban J connectivity index is 1.50. The summed E-state index contributed by atoms with van der Waals surface area (Å²) in [4.78, 5) is 42.9. The summed E-state index contributed by atoms with van der Waals surface area (Å²) >= 11 is 6.35. The molecule has 182 valence electrons. The zero-order valence-electron chi connectivity index (χ0n) is 19.7. The van der Waals surface area contributed by atoms with Gasteiger partial charge in [0.05, 0.1) is 30.3 Å². The van der Waals surface area contributed by atoms with Crippen molar-refractivity contribution in [2.45, 2.75) is 24.9 Å². The number of methoxy groups -OCH3 is 1. The Hall–Kier alpha value is -3.68. The quantitative estimate of drug-likeness (QED) is 0.531. The molecule has 4 atom stereocenters. The first-order chi connectivity index (χ1) is 17.4. The van der Waals surface area contributed by atoms with Gasteiger partial charge in [-0.1, -0.05) is 48.0 Å². The highest BCUT2D eigenvalue weighted by molar-refractivity contribution is 6.32. The predicted molar refractivity (Wildman–Crippen MR) is 136 cm³/mol. The molecule has 3 aliphatic rings. The van der Waals surface area contributed by atoms with Gasteiger partial charge in [0.15, 0.2) is 0 Å². The summed E-state index contributed by atoms with van der Waals surface area (Å²) in [5.41, 5.74) is 2.08. The highest BCUT2D eigenvalue weighted by atomic mass is 35.5. The van der Waals surface area contributed by atoms with E-state index in [-0.39, 0.29) is 11.8 Å². The van der Waals surface area contributed by atoms with Crippen LogP contribution in [-0.4, -0.2) is 30.9 Å². The summed E-state index contributed by atoms with van der Waals surface area (Å²) < 4.78 is 5.23.